The van der Waals surface area contributed by atoms with Gasteiger partial charge in [-0.15, -0.1) is 15.3 Å². The monoisotopic (exact) mass is 404 g/mol. The Morgan fingerprint density at radius 1 is 1.33 bits per heavy atom. The van der Waals surface area contributed by atoms with Gasteiger partial charge in [0.1, 0.15) is 0 Å². The minimum atomic E-state index is -0.201. The lowest BCUT2D eigenvalue weighted by molar-refractivity contribution is -0.113. The molecule has 2 aromatic heterocycles. The number of anilines is 1. The molecule has 2 heterocycles. The molecule has 0 saturated heterocycles. The number of fused-ring (bicyclic) bond motifs is 1. The number of aromatic nitrogens is 4. The first-order valence-electron chi connectivity index (χ1n) is 8.81. The van der Waals surface area contributed by atoms with E-state index in [9.17, 15) is 4.79 Å². The molecule has 0 bridgehead atoms. The highest BCUT2D eigenvalue weighted by Gasteiger charge is 2.19. The Morgan fingerprint density at radius 2 is 2.11 bits per heavy atom. The molecule has 27 heavy (non-hydrogen) atoms. The summed E-state index contributed by atoms with van der Waals surface area (Å²) in [4.78, 5) is 13.0. The van der Waals surface area contributed by atoms with Gasteiger partial charge in [0, 0.05) is 5.69 Å². The maximum atomic E-state index is 12.3. The van der Waals surface area contributed by atoms with Crippen LogP contribution in [0.4, 0.5) is 5.69 Å². The van der Waals surface area contributed by atoms with Gasteiger partial charge in [0.05, 0.1) is 11.8 Å². The lowest BCUT2D eigenvalue weighted by atomic mass is 10.0. The second kappa shape index (κ2) is 8.37. The molecule has 3 rings (SSSR count). The minimum Gasteiger partial charge on any atom is -0.325 e. The first-order valence-corrected chi connectivity index (χ1v) is 10.6. The van der Waals surface area contributed by atoms with Crippen molar-refractivity contribution in [2.24, 2.45) is 11.7 Å². The first-order chi connectivity index (χ1) is 12.8. The SMILES string of the molecule is Cc1ccc(C)c(NC(=O)CSc2nn3c(C(N)CC(C)C)nnc3s2)c1. The van der Waals surface area contributed by atoms with Crippen molar-refractivity contribution < 1.29 is 4.79 Å². The molecular weight excluding hydrogens is 380 g/mol. The zero-order valence-corrected chi connectivity index (χ0v) is 17.5. The Balaban J connectivity index is 1.64. The van der Waals surface area contributed by atoms with E-state index >= 15 is 0 Å². The minimum absolute atomic E-state index is 0.0589. The van der Waals surface area contributed by atoms with Crippen LogP contribution in [0.5, 0.6) is 0 Å². The van der Waals surface area contributed by atoms with E-state index in [0.717, 1.165) is 27.6 Å². The van der Waals surface area contributed by atoms with Gasteiger partial charge in [-0.25, -0.2) is 0 Å². The lowest BCUT2D eigenvalue weighted by Crippen LogP contribution is -2.17. The van der Waals surface area contributed by atoms with Gasteiger partial charge in [0.15, 0.2) is 10.2 Å². The predicted molar refractivity (Wildman–Crippen MR) is 110 cm³/mol. The van der Waals surface area contributed by atoms with E-state index in [1.165, 1.54) is 23.1 Å². The maximum Gasteiger partial charge on any atom is 0.235 e. The zero-order chi connectivity index (χ0) is 19.6. The summed E-state index contributed by atoms with van der Waals surface area (Å²) in [5.41, 5.74) is 9.22. The third-order valence-electron chi connectivity index (χ3n) is 4.05. The fraction of sp³-hybridized carbons (Fsp3) is 0.444. The van der Waals surface area contributed by atoms with Gasteiger partial charge in [-0.1, -0.05) is 49.1 Å². The van der Waals surface area contributed by atoms with Crippen molar-refractivity contribution in [3.63, 3.8) is 0 Å². The molecule has 0 aliphatic carbocycles. The van der Waals surface area contributed by atoms with Crippen LogP contribution in [0.3, 0.4) is 0 Å². The van der Waals surface area contributed by atoms with Crippen molar-refractivity contribution in [3.8, 4) is 0 Å². The van der Waals surface area contributed by atoms with Crippen LogP contribution in [-0.2, 0) is 4.79 Å². The molecule has 0 saturated carbocycles. The largest absolute Gasteiger partial charge is 0.325 e. The quantitative estimate of drug-likeness (QED) is 0.584. The normalized spacial score (nSPS) is 12.7. The molecule has 1 amide bonds. The number of nitrogens with one attached hydrogen (secondary N) is 1. The fourth-order valence-electron chi connectivity index (χ4n) is 2.70. The van der Waals surface area contributed by atoms with E-state index in [2.05, 4.69) is 34.5 Å². The van der Waals surface area contributed by atoms with Gasteiger partial charge in [0.25, 0.3) is 0 Å². The third kappa shape index (κ3) is 4.85. The van der Waals surface area contributed by atoms with E-state index in [0.29, 0.717) is 16.7 Å². The molecule has 0 aliphatic heterocycles. The fourth-order valence-corrected chi connectivity index (χ4v) is 4.38. The van der Waals surface area contributed by atoms with Crippen LogP contribution in [0.2, 0.25) is 0 Å². The summed E-state index contributed by atoms with van der Waals surface area (Å²) in [6, 6.07) is 5.81. The Kier molecular flexibility index (Phi) is 6.13. The van der Waals surface area contributed by atoms with E-state index in [1.807, 2.05) is 32.0 Å². The summed E-state index contributed by atoms with van der Waals surface area (Å²) < 4.78 is 2.47. The molecule has 144 valence electrons. The number of amides is 1. The maximum absolute atomic E-state index is 12.3. The summed E-state index contributed by atoms with van der Waals surface area (Å²) in [6.07, 6.45) is 0.818. The average molecular weight is 405 g/mol. The summed E-state index contributed by atoms with van der Waals surface area (Å²) in [6.45, 7) is 8.22. The van der Waals surface area contributed by atoms with Gasteiger partial charge in [0.2, 0.25) is 10.9 Å². The van der Waals surface area contributed by atoms with Crippen LogP contribution in [0.15, 0.2) is 22.5 Å². The number of rotatable bonds is 7. The van der Waals surface area contributed by atoms with Gasteiger partial charge >= 0.3 is 0 Å². The van der Waals surface area contributed by atoms with Crippen LogP contribution in [-0.4, -0.2) is 31.5 Å². The van der Waals surface area contributed by atoms with Crippen LogP contribution in [0.1, 0.15) is 43.3 Å². The topological polar surface area (TPSA) is 98.2 Å². The first kappa shape index (κ1) is 19.8. The van der Waals surface area contributed by atoms with Crippen molar-refractivity contribution in [1.82, 2.24) is 19.8 Å². The molecule has 3 N–H and O–H groups in total. The van der Waals surface area contributed by atoms with Gasteiger partial charge in [-0.3, -0.25) is 4.79 Å². The standard InChI is InChI=1S/C18H24N6OS2/c1-10(2)7-13(19)16-21-22-17-24(16)23-18(27-17)26-9-15(25)20-14-8-11(3)5-6-12(14)4/h5-6,8,10,13H,7,9,19H2,1-4H3,(H,20,25). The number of nitrogens with two attached hydrogens (primary N) is 1. The number of hydrogen-bond acceptors (Lipinski definition) is 7. The molecule has 0 spiro atoms. The number of nitrogens with zero attached hydrogens (tertiary/aromatic N) is 4. The highest BCUT2D eigenvalue weighted by Crippen LogP contribution is 2.27. The highest BCUT2D eigenvalue weighted by molar-refractivity contribution is 8.01. The van der Waals surface area contributed by atoms with E-state index < -0.39 is 0 Å². The highest BCUT2D eigenvalue weighted by atomic mass is 32.2. The molecule has 1 unspecified atom stereocenters. The smallest absolute Gasteiger partial charge is 0.235 e. The summed E-state index contributed by atoms with van der Waals surface area (Å²) in [5.74, 6) is 1.36. The summed E-state index contributed by atoms with van der Waals surface area (Å²) >= 11 is 2.80. The van der Waals surface area contributed by atoms with Gasteiger partial charge in [-0.2, -0.15) is 4.52 Å². The van der Waals surface area contributed by atoms with Crippen LogP contribution < -0.4 is 11.1 Å². The molecule has 3 aromatic rings. The number of hydrogen-bond donors (Lipinski definition) is 2. The number of aryl methyl sites for hydroxylation is 2. The van der Waals surface area contributed by atoms with Crippen LogP contribution in [0, 0.1) is 19.8 Å². The van der Waals surface area contributed by atoms with Crippen molar-refractivity contribution in [2.45, 2.75) is 44.5 Å². The van der Waals surface area contributed by atoms with Crippen molar-refractivity contribution in [3.05, 3.63) is 35.2 Å². The average Bonchev–Trinajstić information content (AvgIpc) is 3.15. The molecular formula is C18H24N6OS2. The molecule has 9 heteroatoms. The number of carbonyl (C=O) groups excluding carboxylic acids is 1. The summed E-state index contributed by atoms with van der Waals surface area (Å²) in [7, 11) is 0. The third-order valence-corrected chi connectivity index (χ3v) is 6.08. The van der Waals surface area contributed by atoms with Gasteiger partial charge < -0.3 is 11.1 Å². The van der Waals surface area contributed by atoms with Crippen LogP contribution in [0.25, 0.3) is 4.96 Å². The number of benzene rings is 1. The zero-order valence-electron chi connectivity index (χ0n) is 15.9. The van der Waals surface area contributed by atoms with E-state index in [4.69, 9.17) is 5.73 Å². The van der Waals surface area contributed by atoms with Crippen LogP contribution >= 0.6 is 23.1 Å². The molecule has 1 atom stereocenters. The second-order valence-electron chi connectivity index (χ2n) is 7.01. The van der Waals surface area contributed by atoms with Crippen molar-refractivity contribution in [1.29, 1.82) is 0 Å². The second-order valence-corrected chi connectivity index (χ2v) is 9.19. The molecule has 0 radical (unpaired) electrons. The Hall–Kier alpha value is -1.97. The molecule has 1 aromatic carbocycles. The molecule has 0 fully saturated rings. The Morgan fingerprint density at radius 3 is 2.85 bits per heavy atom. The Labute approximate surface area is 166 Å². The van der Waals surface area contributed by atoms with E-state index in [-0.39, 0.29) is 17.7 Å². The lowest BCUT2D eigenvalue weighted by Gasteiger charge is -2.10. The van der Waals surface area contributed by atoms with Crippen molar-refractivity contribution >= 4 is 39.7 Å². The van der Waals surface area contributed by atoms with Gasteiger partial charge in [-0.05, 0) is 43.4 Å². The molecule has 7 nitrogen and oxygen atoms in total. The summed E-state index contributed by atoms with van der Waals surface area (Å²) in [5, 5.41) is 15.8. The number of thioether (sulfide) groups is 1. The Bertz CT molecular complexity index is 949. The van der Waals surface area contributed by atoms with E-state index in [1.54, 1.807) is 4.52 Å². The predicted octanol–water partition coefficient (Wildman–Crippen LogP) is 3.58. The number of carbonyl (C=O) groups is 1. The molecule has 0 aliphatic rings. The van der Waals surface area contributed by atoms with Crippen molar-refractivity contribution in [2.75, 3.05) is 11.1 Å².